The Bertz CT molecular complexity index is 257. The van der Waals surface area contributed by atoms with Gasteiger partial charge in [-0.15, -0.1) is 0 Å². The fraction of sp³-hybridized carbons (Fsp3) is 0.833. The molecule has 66 valence electrons. The fourth-order valence-electron chi connectivity index (χ4n) is 1.49. The highest BCUT2D eigenvalue weighted by Gasteiger charge is 2.57. The van der Waals surface area contributed by atoms with Crippen LogP contribution in [-0.4, -0.2) is 30.2 Å². The second kappa shape index (κ2) is 2.50. The first-order valence-electron chi connectivity index (χ1n) is 3.59. The summed E-state index contributed by atoms with van der Waals surface area (Å²) in [4.78, 5) is 11.3. The Morgan fingerprint density at radius 1 is 1.83 bits per heavy atom. The molecule has 6 heteroatoms. The Morgan fingerprint density at radius 2 is 2.58 bits per heavy atom. The van der Waals surface area contributed by atoms with E-state index in [-0.39, 0.29) is 11.8 Å². The maximum atomic E-state index is 11.3. The molecule has 1 amide bonds. The van der Waals surface area contributed by atoms with Gasteiger partial charge < -0.3 is 10.1 Å². The van der Waals surface area contributed by atoms with E-state index in [1.54, 1.807) is 0 Å². The van der Waals surface area contributed by atoms with E-state index in [4.69, 9.17) is 4.74 Å². The molecule has 2 rings (SSSR count). The summed E-state index contributed by atoms with van der Waals surface area (Å²) in [6.07, 6.45) is -0.402. The minimum Gasteiger partial charge on any atom is -0.358 e. The van der Waals surface area contributed by atoms with Crippen molar-refractivity contribution in [1.82, 2.24) is 5.32 Å². The summed E-state index contributed by atoms with van der Waals surface area (Å²) in [5, 5.41) is 10.5. The van der Waals surface area contributed by atoms with Crippen molar-refractivity contribution in [3.63, 3.8) is 0 Å². The molecule has 0 unspecified atom stereocenters. The highest BCUT2D eigenvalue weighted by atomic mass is 79.9. The van der Waals surface area contributed by atoms with Crippen LogP contribution in [0.5, 0.6) is 0 Å². The third kappa shape index (κ3) is 0.847. The van der Waals surface area contributed by atoms with Crippen LogP contribution in [0.3, 0.4) is 0 Å². The number of nitrogens with zero attached hydrogens (tertiary/aromatic N) is 2. The van der Waals surface area contributed by atoms with Crippen molar-refractivity contribution in [2.24, 2.45) is 16.1 Å². The maximum absolute atomic E-state index is 11.3. The average Bonchev–Trinajstić information content (AvgIpc) is 2.51. The molecule has 1 saturated heterocycles. The van der Waals surface area contributed by atoms with Gasteiger partial charge in [-0.05, 0) is 0 Å². The number of halogens is 1. The topological polar surface area (TPSA) is 63.0 Å². The van der Waals surface area contributed by atoms with Gasteiger partial charge in [0.15, 0.2) is 10.7 Å². The summed E-state index contributed by atoms with van der Waals surface area (Å²) in [6.45, 7) is 0.441. The predicted molar refractivity (Wildman–Crippen MR) is 43.8 cm³/mol. The van der Waals surface area contributed by atoms with E-state index < -0.39 is 10.7 Å². The average molecular weight is 234 g/mol. The van der Waals surface area contributed by atoms with E-state index in [1.165, 1.54) is 7.11 Å². The Balaban J connectivity index is 2.33. The first-order chi connectivity index (χ1) is 5.68. The quantitative estimate of drug-likeness (QED) is 0.522. The van der Waals surface area contributed by atoms with Gasteiger partial charge in [0.25, 0.3) is 0 Å². The standard InChI is InChI=1S/C6H8BrN3O2/c1-12-5-6(7)3(2-8-10-6)4(11)9-5/h3,5H,2H2,1H3,(H,9,11)/t3-,5-,6-/m1/s1. The number of rotatable bonds is 1. The molecule has 0 aromatic rings. The van der Waals surface area contributed by atoms with Crippen LogP contribution in [0.25, 0.3) is 0 Å². The lowest BCUT2D eigenvalue weighted by molar-refractivity contribution is -0.123. The number of fused-ring (bicyclic) bond motifs is 1. The third-order valence-electron chi connectivity index (χ3n) is 2.17. The molecule has 2 aliphatic heterocycles. The second-order valence-electron chi connectivity index (χ2n) is 2.83. The molecule has 2 heterocycles. The van der Waals surface area contributed by atoms with Crippen LogP contribution in [0.2, 0.25) is 0 Å². The highest BCUT2D eigenvalue weighted by molar-refractivity contribution is 9.10. The molecule has 1 N–H and O–H groups in total. The highest BCUT2D eigenvalue weighted by Crippen LogP contribution is 2.42. The largest absolute Gasteiger partial charge is 0.358 e. The minimum atomic E-state index is -0.668. The summed E-state index contributed by atoms with van der Waals surface area (Å²) in [5.74, 6) is -0.272. The third-order valence-corrected chi connectivity index (χ3v) is 3.30. The first kappa shape index (κ1) is 8.12. The van der Waals surface area contributed by atoms with Gasteiger partial charge >= 0.3 is 0 Å². The summed E-state index contributed by atoms with van der Waals surface area (Å²) in [7, 11) is 1.53. The molecule has 2 aliphatic rings. The van der Waals surface area contributed by atoms with Gasteiger partial charge in [-0.1, -0.05) is 15.9 Å². The van der Waals surface area contributed by atoms with Gasteiger partial charge in [0.2, 0.25) is 5.91 Å². The van der Waals surface area contributed by atoms with Gasteiger partial charge in [0.05, 0.1) is 6.54 Å². The van der Waals surface area contributed by atoms with Crippen LogP contribution in [0.15, 0.2) is 10.2 Å². The number of methoxy groups -OCH3 is 1. The number of ether oxygens (including phenoxy) is 1. The zero-order chi connectivity index (χ0) is 8.77. The van der Waals surface area contributed by atoms with Gasteiger partial charge in [0, 0.05) is 7.11 Å². The Kier molecular flexibility index (Phi) is 1.69. The van der Waals surface area contributed by atoms with Gasteiger partial charge in [-0.3, -0.25) is 4.79 Å². The van der Waals surface area contributed by atoms with Crippen LogP contribution in [0, 0.1) is 5.92 Å². The Hall–Kier alpha value is -0.490. The molecule has 0 bridgehead atoms. The van der Waals surface area contributed by atoms with Crippen LogP contribution < -0.4 is 5.32 Å². The summed E-state index contributed by atoms with van der Waals surface area (Å²) in [6, 6.07) is 0. The summed E-state index contributed by atoms with van der Waals surface area (Å²) in [5.41, 5.74) is 0. The van der Waals surface area contributed by atoms with Crippen molar-refractivity contribution in [2.45, 2.75) is 10.7 Å². The molecule has 0 aromatic heterocycles. The molecular weight excluding hydrogens is 226 g/mol. The molecule has 0 spiro atoms. The lowest BCUT2D eigenvalue weighted by atomic mass is 10.0. The fourth-order valence-corrected chi connectivity index (χ4v) is 2.25. The van der Waals surface area contributed by atoms with Crippen LogP contribution in [0.1, 0.15) is 0 Å². The van der Waals surface area contributed by atoms with E-state index in [9.17, 15) is 4.79 Å². The van der Waals surface area contributed by atoms with E-state index in [1.807, 2.05) is 0 Å². The van der Waals surface area contributed by atoms with Gasteiger partial charge in [-0.2, -0.15) is 10.2 Å². The van der Waals surface area contributed by atoms with Crippen LogP contribution in [-0.2, 0) is 9.53 Å². The SMILES string of the molecule is CO[C@H]1NC(=O)[C@H]2CN=N[C@@]12Br. The summed E-state index contributed by atoms with van der Waals surface area (Å²) < 4.78 is 4.40. The number of carbonyl (C=O) groups is 1. The molecule has 0 aliphatic carbocycles. The molecule has 12 heavy (non-hydrogen) atoms. The number of azo groups is 1. The molecule has 0 aromatic carbocycles. The summed E-state index contributed by atoms with van der Waals surface area (Å²) >= 11 is 3.37. The minimum absolute atomic E-state index is 0.0521. The number of carbonyl (C=O) groups excluding carboxylic acids is 1. The van der Waals surface area contributed by atoms with Crippen molar-refractivity contribution in [1.29, 1.82) is 0 Å². The van der Waals surface area contributed by atoms with Crippen LogP contribution >= 0.6 is 15.9 Å². The van der Waals surface area contributed by atoms with E-state index in [0.29, 0.717) is 6.54 Å². The van der Waals surface area contributed by atoms with Crippen molar-refractivity contribution in [3.05, 3.63) is 0 Å². The maximum Gasteiger partial charge on any atom is 0.230 e. The smallest absolute Gasteiger partial charge is 0.230 e. The molecular formula is C6H8BrN3O2. The van der Waals surface area contributed by atoms with Crippen molar-refractivity contribution in [2.75, 3.05) is 13.7 Å². The number of nitrogens with one attached hydrogen (secondary N) is 1. The monoisotopic (exact) mass is 233 g/mol. The van der Waals surface area contributed by atoms with Crippen molar-refractivity contribution >= 4 is 21.8 Å². The molecule has 0 saturated carbocycles. The molecule has 3 atom stereocenters. The zero-order valence-corrected chi connectivity index (χ0v) is 8.04. The second-order valence-corrected chi connectivity index (χ2v) is 4.10. The van der Waals surface area contributed by atoms with Crippen molar-refractivity contribution < 1.29 is 9.53 Å². The number of hydrogen-bond acceptors (Lipinski definition) is 4. The number of alkyl halides is 1. The van der Waals surface area contributed by atoms with Gasteiger partial charge in [-0.25, -0.2) is 0 Å². The lowest BCUT2D eigenvalue weighted by Crippen LogP contribution is -2.39. The van der Waals surface area contributed by atoms with Crippen LogP contribution in [0.4, 0.5) is 0 Å². The zero-order valence-electron chi connectivity index (χ0n) is 6.45. The van der Waals surface area contributed by atoms with E-state index >= 15 is 0 Å². The van der Waals surface area contributed by atoms with Gasteiger partial charge in [0.1, 0.15) is 5.92 Å². The van der Waals surface area contributed by atoms with E-state index in [0.717, 1.165) is 0 Å². The predicted octanol–water partition coefficient (Wildman–Crippen LogP) is 0.262. The lowest BCUT2D eigenvalue weighted by Gasteiger charge is -2.20. The van der Waals surface area contributed by atoms with E-state index in [2.05, 4.69) is 31.5 Å². The Labute approximate surface area is 77.7 Å². The molecule has 1 fully saturated rings. The number of amides is 1. The van der Waals surface area contributed by atoms with Crippen molar-refractivity contribution in [3.8, 4) is 0 Å². The first-order valence-corrected chi connectivity index (χ1v) is 4.38. The normalized spacial score (nSPS) is 44.7. The Morgan fingerprint density at radius 3 is 3.25 bits per heavy atom. The molecule has 5 nitrogen and oxygen atoms in total. The molecule has 0 radical (unpaired) electrons. The number of hydrogen-bond donors (Lipinski definition) is 1.